The lowest BCUT2D eigenvalue weighted by atomic mass is 10.2. The molecule has 0 aliphatic rings. The largest absolute Gasteiger partial charge is 0.480 e. The first-order valence-corrected chi connectivity index (χ1v) is 8.93. The summed E-state index contributed by atoms with van der Waals surface area (Å²) in [4.78, 5) is 28.8. The van der Waals surface area contributed by atoms with Crippen molar-refractivity contribution >= 4 is 28.5 Å². The van der Waals surface area contributed by atoms with Gasteiger partial charge < -0.3 is 9.47 Å². The van der Waals surface area contributed by atoms with Crippen LogP contribution in [0.5, 0.6) is 5.75 Å². The standard InChI is InChI=1S/C20H19ClN2O4/c1-14-22-17-9-4-2-7-15(17)20(25)23(14)11-6-12-26-19(24)13-27-18-10-5-3-8-16(18)21/h2-5,7-10H,6,11-13H2,1H3. The van der Waals surface area contributed by atoms with Gasteiger partial charge in [0.25, 0.3) is 5.56 Å². The summed E-state index contributed by atoms with van der Waals surface area (Å²) in [6.45, 7) is 2.17. The van der Waals surface area contributed by atoms with E-state index in [0.29, 0.717) is 40.5 Å². The molecule has 0 N–H and O–H groups in total. The van der Waals surface area contributed by atoms with Crippen LogP contribution in [0.1, 0.15) is 12.2 Å². The van der Waals surface area contributed by atoms with Gasteiger partial charge in [-0.25, -0.2) is 9.78 Å². The minimum absolute atomic E-state index is 0.0912. The summed E-state index contributed by atoms with van der Waals surface area (Å²) < 4.78 is 12.1. The van der Waals surface area contributed by atoms with Gasteiger partial charge in [0.1, 0.15) is 11.6 Å². The van der Waals surface area contributed by atoms with Crippen molar-refractivity contribution in [1.82, 2.24) is 9.55 Å². The lowest BCUT2D eigenvalue weighted by Gasteiger charge is -2.11. The number of rotatable bonds is 7. The Morgan fingerprint density at radius 1 is 1.15 bits per heavy atom. The molecule has 0 atom stereocenters. The third-order valence-electron chi connectivity index (χ3n) is 4.02. The number of fused-ring (bicyclic) bond motifs is 1. The van der Waals surface area contributed by atoms with Crippen molar-refractivity contribution in [2.45, 2.75) is 19.9 Å². The summed E-state index contributed by atoms with van der Waals surface area (Å²) in [7, 11) is 0. The van der Waals surface area contributed by atoms with Gasteiger partial charge in [0.05, 0.1) is 22.5 Å². The van der Waals surface area contributed by atoms with Gasteiger partial charge in [-0.3, -0.25) is 9.36 Å². The number of esters is 1. The SMILES string of the molecule is Cc1nc2ccccc2c(=O)n1CCCOC(=O)COc1ccccc1Cl. The molecule has 0 bridgehead atoms. The van der Waals surface area contributed by atoms with Gasteiger partial charge in [-0.1, -0.05) is 35.9 Å². The molecule has 6 nitrogen and oxygen atoms in total. The Balaban J connectivity index is 1.50. The number of hydrogen-bond acceptors (Lipinski definition) is 5. The highest BCUT2D eigenvalue weighted by molar-refractivity contribution is 6.32. The van der Waals surface area contributed by atoms with E-state index >= 15 is 0 Å². The van der Waals surface area contributed by atoms with Crippen molar-refractivity contribution in [2.75, 3.05) is 13.2 Å². The molecule has 140 valence electrons. The lowest BCUT2D eigenvalue weighted by Crippen LogP contribution is -2.25. The third kappa shape index (κ3) is 4.65. The maximum Gasteiger partial charge on any atom is 0.344 e. The number of aryl methyl sites for hydroxylation is 1. The smallest absolute Gasteiger partial charge is 0.344 e. The van der Waals surface area contributed by atoms with E-state index in [2.05, 4.69) is 4.98 Å². The van der Waals surface area contributed by atoms with Gasteiger partial charge in [0.2, 0.25) is 0 Å². The number of carbonyl (C=O) groups is 1. The Morgan fingerprint density at radius 3 is 2.70 bits per heavy atom. The summed E-state index contributed by atoms with van der Waals surface area (Å²) in [5.74, 6) is 0.572. The van der Waals surface area contributed by atoms with E-state index in [9.17, 15) is 9.59 Å². The third-order valence-corrected chi connectivity index (χ3v) is 4.34. The van der Waals surface area contributed by atoms with Crippen LogP contribution >= 0.6 is 11.6 Å². The Hall–Kier alpha value is -2.86. The van der Waals surface area contributed by atoms with Gasteiger partial charge in [0.15, 0.2) is 6.61 Å². The fraction of sp³-hybridized carbons (Fsp3) is 0.250. The molecule has 3 aromatic rings. The molecule has 0 radical (unpaired) electrons. The van der Waals surface area contributed by atoms with Gasteiger partial charge in [-0.05, 0) is 37.6 Å². The molecule has 1 heterocycles. The maximum absolute atomic E-state index is 12.6. The summed E-state index contributed by atoms with van der Waals surface area (Å²) in [6.07, 6.45) is 0.499. The van der Waals surface area contributed by atoms with Crippen molar-refractivity contribution in [3.63, 3.8) is 0 Å². The highest BCUT2D eigenvalue weighted by atomic mass is 35.5. The van der Waals surface area contributed by atoms with Crippen molar-refractivity contribution in [2.24, 2.45) is 0 Å². The molecule has 7 heteroatoms. The first kappa shape index (κ1) is 18.9. The first-order valence-electron chi connectivity index (χ1n) is 8.55. The number of aromatic nitrogens is 2. The number of nitrogens with zero attached hydrogens (tertiary/aromatic N) is 2. The fourth-order valence-electron chi connectivity index (χ4n) is 2.69. The van der Waals surface area contributed by atoms with E-state index in [0.717, 1.165) is 0 Å². The molecule has 0 amide bonds. The number of ether oxygens (including phenoxy) is 2. The molecule has 0 saturated heterocycles. The highest BCUT2D eigenvalue weighted by Gasteiger charge is 2.09. The van der Waals surface area contributed by atoms with Crippen molar-refractivity contribution in [3.05, 3.63) is 69.7 Å². The highest BCUT2D eigenvalue weighted by Crippen LogP contribution is 2.22. The number of carbonyl (C=O) groups excluding carboxylic acids is 1. The van der Waals surface area contributed by atoms with Gasteiger partial charge >= 0.3 is 5.97 Å². The van der Waals surface area contributed by atoms with Crippen LogP contribution < -0.4 is 10.3 Å². The topological polar surface area (TPSA) is 70.4 Å². The molecular weight excluding hydrogens is 368 g/mol. The Morgan fingerprint density at radius 2 is 1.89 bits per heavy atom. The van der Waals surface area contributed by atoms with Gasteiger partial charge in [-0.2, -0.15) is 0 Å². The first-order chi connectivity index (χ1) is 13.1. The molecule has 1 aromatic heterocycles. The Bertz CT molecular complexity index is 1020. The van der Waals surface area contributed by atoms with Crippen LogP contribution in [0.4, 0.5) is 0 Å². The zero-order valence-electron chi connectivity index (χ0n) is 14.9. The van der Waals surface area contributed by atoms with E-state index in [-0.39, 0.29) is 18.8 Å². The van der Waals surface area contributed by atoms with Crippen molar-refractivity contribution < 1.29 is 14.3 Å². The summed E-state index contributed by atoms with van der Waals surface area (Å²) in [6, 6.07) is 14.1. The van der Waals surface area contributed by atoms with Crippen molar-refractivity contribution in [1.29, 1.82) is 0 Å². The van der Waals surface area contributed by atoms with Crippen LogP contribution in [-0.4, -0.2) is 28.7 Å². The fourth-order valence-corrected chi connectivity index (χ4v) is 2.88. The molecule has 0 saturated carbocycles. The molecular formula is C20H19ClN2O4. The number of benzene rings is 2. The molecule has 0 aliphatic heterocycles. The second kappa shape index (κ2) is 8.68. The average molecular weight is 387 g/mol. The van der Waals surface area contributed by atoms with E-state index < -0.39 is 5.97 Å². The van der Waals surface area contributed by atoms with Crippen LogP contribution in [-0.2, 0) is 16.1 Å². The van der Waals surface area contributed by atoms with Crippen molar-refractivity contribution in [3.8, 4) is 5.75 Å². The predicted molar refractivity (Wildman–Crippen MR) is 103 cm³/mol. The minimum atomic E-state index is -0.490. The van der Waals surface area contributed by atoms with E-state index in [4.69, 9.17) is 21.1 Å². The zero-order chi connectivity index (χ0) is 19.2. The second-order valence-electron chi connectivity index (χ2n) is 5.93. The van der Waals surface area contributed by atoms with Crippen LogP contribution in [0.15, 0.2) is 53.3 Å². The monoisotopic (exact) mass is 386 g/mol. The van der Waals surface area contributed by atoms with E-state index in [1.807, 2.05) is 18.2 Å². The average Bonchev–Trinajstić information content (AvgIpc) is 2.66. The van der Waals surface area contributed by atoms with E-state index in [1.165, 1.54) is 0 Å². The minimum Gasteiger partial charge on any atom is -0.480 e. The van der Waals surface area contributed by atoms with Crippen LogP contribution in [0, 0.1) is 6.92 Å². The molecule has 0 unspecified atom stereocenters. The van der Waals surface area contributed by atoms with Gasteiger partial charge in [-0.15, -0.1) is 0 Å². The molecule has 0 aliphatic carbocycles. The summed E-state index contributed by atoms with van der Waals surface area (Å²) in [5.41, 5.74) is 0.589. The molecule has 27 heavy (non-hydrogen) atoms. The molecule has 0 spiro atoms. The number of hydrogen-bond donors (Lipinski definition) is 0. The predicted octanol–water partition coefficient (Wildman–Crippen LogP) is 3.37. The van der Waals surface area contributed by atoms with Crippen LogP contribution in [0.3, 0.4) is 0 Å². The van der Waals surface area contributed by atoms with E-state index in [1.54, 1.807) is 41.8 Å². The number of para-hydroxylation sites is 2. The van der Waals surface area contributed by atoms with Crippen LogP contribution in [0.2, 0.25) is 5.02 Å². The zero-order valence-corrected chi connectivity index (χ0v) is 15.6. The Labute approximate surface area is 161 Å². The number of halogens is 1. The maximum atomic E-state index is 12.6. The Kier molecular flexibility index (Phi) is 6.08. The lowest BCUT2D eigenvalue weighted by molar-refractivity contribution is -0.146. The molecule has 0 fully saturated rings. The van der Waals surface area contributed by atoms with Crippen LogP contribution in [0.25, 0.3) is 10.9 Å². The molecule has 2 aromatic carbocycles. The summed E-state index contributed by atoms with van der Waals surface area (Å²) >= 11 is 5.96. The summed E-state index contributed by atoms with van der Waals surface area (Å²) in [5, 5.41) is 1.01. The molecule has 3 rings (SSSR count). The normalized spacial score (nSPS) is 10.7. The quantitative estimate of drug-likeness (QED) is 0.460. The second-order valence-corrected chi connectivity index (χ2v) is 6.33. The van der Waals surface area contributed by atoms with Gasteiger partial charge in [0, 0.05) is 6.54 Å².